The van der Waals surface area contributed by atoms with Gasteiger partial charge in [-0.25, -0.2) is 9.48 Å². The molecule has 2 aromatic heterocycles. The number of hydrogen-bond acceptors (Lipinski definition) is 6. The Labute approximate surface area is 193 Å². The van der Waals surface area contributed by atoms with Crippen molar-refractivity contribution in [2.24, 2.45) is 0 Å². The molecule has 9 heteroatoms. The smallest absolute Gasteiger partial charge is 0.337 e. The number of nitro benzene ring substituents is 1. The van der Waals surface area contributed by atoms with Crippen molar-refractivity contribution in [3.63, 3.8) is 0 Å². The number of hydrogen-bond donors (Lipinski definition) is 1. The van der Waals surface area contributed by atoms with Crippen LogP contribution in [0.4, 0.5) is 5.69 Å². The van der Waals surface area contributed by atoms with Gasteiger partial charge in [-0.2, -0.15) is 0 Å². The van der Waals surface area contributed by atoms with Crippen molar-refractivity contribution >= 4 is 24.3 Å². The van der Waals surface area contributed by atoms with E-state index in [0.29, 0.717) is 33.7 Å². The number of aryl methyl sites for hydroxylation is 2. The van der Waals surface area contributed by atoms with E-state index in [1.54, 1.807) is 43.3 Å². The van der Waals surface area contributed by atoms with Crippen LogP contribution in [0.2, 0.25) is 0 Å². The van der Waals surface area contributed by atoms with Crippen LogP contribution in [0, 0.1) is 24.0 Å². The van der Waals surface area contributed by atoms with Gasteiger partial charge in [-0.1, -0.05) is 12.6 Å². The van der Waals surface area contributed by atoms with Crippen LogP contribution >= 0.6 is 0 Å². The van der Waals surface area contributed by atoms with Gasteiger partial charge in [-0.05, 0) is 67.4 Å². The van der Waals surface area contributed by atoms with Crippen molar-refractivity contribution in [2.45, 2.75) is 13.8 Å². The normalized spacial score (nSPS) is 11.6. The zero-order valence-corrected chi connectivity index (χ0v) is 18.7. The maximum absolute atomic E-state index is 13.1. The number of nitrogens with one attached hydrogen (secondary N) is 1. The molecule has 4 aromatic rings. The summed E-state index contributed by atoms with van der Waals surface area (Å²) in [5.41, 5.74) is 2.32. The molecule has 0 fully saturated rings. The van der Waals surface area contributed by atoms with Crippen molar-refractivity contribution in [2.75, 3.05) is 7.11 Å². The summed E-state index contributed by atoms with van der Waals surface area (Å²) in [6, 6.07) is 12.9. The van der Waals surface area contributed by atoms with E-state index in [1.165, 1.54) is 30.0 Å². The third kappa shape index (κ3) is 4.06. The van der Waals surface area contributed by atoms with Crippen LogP contribution in [0.25, 0.3) is 29.7 Å². The van der Waals surface area contributed by atoms with Crippen LogP contribution in [0.5, 0.6) is 0 Å². The Morgan fingerprint density at radius 1 is 1.18 bits per heavy atom. The van der Waals surface area contributed by atoms with Crippen LogP contribution in [0.1, 0.15) is 27.2 Å². The number of carbonyl (C=O) groups is 1. The van der Waals surface area contributed by atoms with Gasteiger partial charge in [0.15, 0.2) is 0 Å². The van der Waals surface area contributed by atoms with Gasteiger partial charge in [0.1, 0.15) is 11.5 Å². The Kier molecular flexibility index (Phi) is 5.77. The molecule has 0 saturated heterocycles. The maximum Gasteiger partial charge on any atom is 0.337 e. The van der Waals surface area contributed by atoms with E-state index in [4.69, 9.17) is 9.15 Å². The molecule has 0 aliphatic carbocycles. The molecular weight excluding hydrogens is 438 g/mol. The van der Waals surface area contributed by atoms with Crippen molar-refractivity contribution in [1.82, 2.24) is 9.78 Å². The number of nitro groups is 1. The highest BCUT2D eigenvalue weighted by atomic mass is 16.6. The number of furan rings is 1. The van der Waals surface area contributed by atoms with Crippen molar-refractivity contribution in [1.29, 1.82) is 0 Å². The second kappa shape index (κ2) is 8.70. The van der Waals surface area contributed by atoms with E-state index in [0.717, 1.165) is 11.1 Å². The van der Waals surface area contributed by atoms with Gasteiger partial charge in [0, 0.05) is 6.07 Å². The minimum absolute atomic E-state index is 0.0589. The lowest BCUT2D eigenvalue weighted by Gasteiger charge is -2.04. The lowest BCUT2D eigenvalue weighted by molar-refractivity contribution is -0.384. The van der Waals surface area contributed by atoms with Gasteiger partial charge in [-0.3, -0.25) is 20.0 Å². The van der Waals surface area contributed by atoms with Gasteiger partial charge in [0.25, 0.3) is 11.2 Å². The highest BCUT2D eigenvalue weighted by Gasteiger charge is 2.19. The fraction of sp³-hybridized carbons (Fsp3) is 0.120. The Hall–Kier alpha value is -4.66. The second-order valence-electron chi connectivity index (χ2n) is 7.74. The van der Waals surface area contributed by atoms with Gasteiger partial charge in [0.2, 0.25) is 0 Å². The molecule has 0 atom stereocenters. The average molecular weight is 459 g/mol. The number of methoxy groups -OCH3 is 1. The first-order valence-electron chi connectivity index (χ1n) is 10.3. The number of nitrogens with zero attached hydrogens (tertiary/aromatic N) is 2. The van der Waals surface area contributed by atoms with Gasteiger partial charge in [0.05, 0.1) is 39.4 Å². The number of aromatic amines is 1. The third-order valence-electron chi connectivity index (χ3n) is 5.52. The Morgan fingerprint density at radius 2 is 1.91 bits per heavy atom. The van der Waals surface area contributed by atoms with Crippen molar-refractivity contribution in [3.8, 4) is 17.0 Å². The molecule has 9 nitrogen and oxygen atoms in total. The first kappa shape index (κ1) is 22.5. The van der Waals surface area contributed by atoms with E-state index >= 15 is 0 Å². The van der Waals surface area contributed by atoms with Crippen LogP contribution in [-0.2, 0) is 4.74 Å². The maximum atomic E-state index is 13.1. The molecule has 172 valence electrons. The molecule has 2 heterocycles. The van der Waals surface area contributed by atoms with E-state index in [-0.39, 0.29) is 10.9 Å². The molecule has 0 spiro atoms. The third-order valence-corrected chi connectivity index (χ3v) is 5.52. The standard InChI is InChI=1S/C25H21N3O6/c1-14-10-21(22(28(31)32)11-15(14)2)23-9-8-19(34-23)13-20-16(3)26-27(24(20)29)18-7-5-6-17(12-18)25(30)33-4/h5-13,26H,3H2,1-2,4H3/b20-13-. The number of rotatable bonds is 5. The zero-order valence-electron chi connectivity index (χ0n) is 18.7. The number of carbonyl (C=O) groups excluding carboxylic acids is 1. The van der Waals surface area contributed by atoms with E-state index in [2.05, 4.69) is 11.7 Å². The van der Waals surface area contributed by atoms with Gasteiger partial charge in [-0.15, -0.1) is 0 Å². The molecule has 0 aliphatic heterocycles. The van der Waals surface area contributed by atoms with Gasteiger partial charge < -0.3 is 9.15 Å². The van der Waals surface area contributed by atoms with E-state index < -0.39 is 16.5 Å². The van der Waals surface area contributed by atoms with Crippen LogP contribution in [-0.4, -0.2) is 27.8 Å². The molecule has 0 unspecified atom stereocenters. The molecular formula is C25H21N3O6. The number of ether oxygens (including phenoxy) is 1. The van der Waals surface area contributed by atoms with Crippen molar-refractivity contribution in [3.05, 3.63) is 102 Å². The average Bonchev–Trinajstić information content (AvgIpc) is 3.40. The first-order valence-corrected chi connectivity index (χ1v) is 10.3. The minimum Gasteiger partial charge on any atom is -0.465 e. The summed E-state index contributed by atoms with van der Waals surface area (Å²) in [4.78, 5) is 36.0. The molecule has 0 radical (unpaired) electrons. The summed E-state index contributed by atoms with van der Waals surface area (Å²) < 4.78 is 11.8. The summed E-state index contributed by atoms with van der Waals surface area (Å²) in [5, 5.41) is 15.0. The molecule has 4 rings (SSSR count). The summed E-state index contributed by atoms with van der Waals surface area (Å²) >= 11 is 0. The Morgan fingerprint density at radius 3 is 2.62 bits per heavy atom. The largest absolute Gasteiger partial charge is 0.465 e. The molecule has 0 bridgehead atoms. The predicted octanol–water partition coefficient (Wildman–Crippen LogP) is 2.98. The fourth-order valence-electron chi connectivity index (χ4n) is 3.58. The lowest BCUT2D eigenvalue weighted by atomic mass is 10.0. The summed E-state index contributed by atoms with van der Waals surface area (Å²) in [7, 11) is 1.28. The van der Waals surface area contributed by atoms with Crippen molar-refractivity contribution < 1.29 is 18.9 Å². The second-order valence-corrected chi connectivity index (χ2v) is 7.74. The Bertz CT molecular complexity index is 1610. The highest BCUT2D eigenvalue weighted by molar-refractivity contribution is 5.89. The SMILES string of the molecule is C=c1[nH]n(-c2cccc(C(=O)OC)c2)c(=O)/c1=C\c1ccc(-c2cc(C)c(C)cc2[N+](=O)[O-])o1. The summed E-state index contributed by atoms with van der Waals surface area (Å²) in [6.45, 7) is 7.56. The quantitative estimate of drug-likeness (QED) is 0.278. The summed E-state index contributed by atoms with van der Waals surface area (Å²) in [5.74, 6) is 0.124. The minimum atomic E-state index is -0.522. The molecule has 0 amide bonds. The predicted molar refractivity (Wildman–Crippen MR) is 126 cm³/mol. The van der Waals surface area contributed by atoms with E-state index in [1.807, 2.05) is 6.92 Å². The topological polar surface area (TPSA) is 120 Å². The van der Waals surface area contributed by atoms with Crippen LogP contribution in [0.15, 0.2) is 57.7 Å². The number of aromatic nitrogens is 2. The van der Waals surface area contributed by atoms with Crippen LogP contribution in [0.3, 0.4) is 0 Å². The highest BCUT2D eigenvalue weighted by Crippen LogP contribution is 2.33. The number of esters is 1. The zero-order chi connectivity index (χ0) is 24.6. The Balaban J connectivity index is 1.78. The number of benzene rings is 2. The summed E-state index contributed by atoms with van der Waals surface area (Å²) in [6.07, 6.45) is 1.51. The lowest BCUT2D eigenvalue weighted by Crippen LogP contribution is -2.33. The van der Waals surface area contributed by atoms with E-state index in [9.17, 15) is 19.7 Å². The monoisotopic (exact) mass is 459 g/mol. The molecule has 1 N–H and O–H groups in total. The molecule has 0 saturated carbocycles. The number of H-pyrrole nitrogens is 1. The van der Waals surface area contributed by atoms with Gasteiger partial charge >= 0.3 is 5.97 Å². The molecule has 2 aromatic carbocycles. The van der Waals surface area contributed by atoms with Crippen LogP contribution < -0.4 is 16.1 Å². The fourth-order valence-corrected chi connectivity index (χ4v) is 3.58. The molecule has 34 heavy (non-hydrogen) atoms. The molecule has 0 aliphatic rings. The first-order chi connectivity index (χ1) is 16.2.